The highest BCUT2D eigenvalue weighted by molar-refractivity contribution is 6.32. The van der Waals surface area contributed by atoms with Crippen molar-refractivity contribution in [1.29, 1.82) is 0 Å². The van der Waals surface area contributed by atoms with Crippen molar-refractivity contribution in [3.63, 3.8) is 0 Å². The molecule has 3 fully saturated rings. The van der Waals surface area contributed by atoms with Gasteiger partial charge in [0, 0.05) is 42.7 Å². The Labute approximate surface area is 233 Å². The normalized spacial score (nSPS) is 25.6. The summed E-state index contributed by atoms with van der Waals surface area (Å²) >= 11 is 6.29. The molecule has 1 aromatic heterocycles. The number of anilines is 1. The van der Waals surface area contributed by atoms with E-state index >= 15 is 0 Å². The van der Waals surface area contributed by atoms with E-state index in [1.807, 2.05) is 18.2 Å². The number of phenols is 1. The highest BCUT2D eigenvalue weighted by Gasteiger charge is 2.38. The summed E-state index contributed by atoms with van der Waals surface area (Å²) < 4.78 is 19.8. The maximum absolute atomic E-state index is 14.4. The van der Waals surface area contributed by atoms with Gasteiger partial charge in [-0.3, -0.25) is 14.7 Å². The lowest BCUT2D eigenvalue weighted by molar-refractivity contribution is 0.0968. The molecule has 3 aromatic rings. The number of alkyl halides is 1. The molecule has 0 amide bonds. The van der Waals surface area contributed by atoms with Crippen LogP contribution >= 0.6 is 11.6 Å². The van der Waals surface area contributed by atoms with Crippen molar-refractivity contribution >= 4 is 34.0 Å². The molecule has 2 heterocycles. The Balaban J connectivity index is 1.32. The number of methoxy groups -OCH3 is 1. The Hall–Kier alpha value is -2.90. The number of rotatable bonds is 7. The highest BCUT2D eigenvalue weighted by Crippen LogP contribution is 2.42. The van der Waals surface area contributed by atoms with Crippen molar-refractivity contribution in [2.75, 3.05) is 25.5 Å². The number of carbonyl (C=O) groups is 1. The van der Waals surface area contributed by atoms with Crippen LogP contribution in [0.4, 0.5) is 10.1 Å². The second kappa shape index (κ2) is 10.3. The minimum Gasteiger partial charge on any atom is -0.503 e. The van der Waals surface area contributed by atoms with E-state index in [0.29, 0.717) is 30.3 Å². The predicted molar refractivity (Wildman–Crippen MR) is 153 cm³/mol. The lowest BCUT2D eigenvalue weighted by Crippen LogP contribution is -2.40. The number of hydrogen-bond donors (Lipinski definition) is 2. The van der Waals surface area contributed by atoms with Crippen molar-refractivity contribution in [1.82, 2.24) is 9.88 Å². The number of nitrogens with zero attached hydrogens (tertiary/aromatic N) is 2. The first kappa shape index (κ1) is 26.3. The summed E-state index contributed by atoms with van der Waals surface area (Å²) in [5.74, 6) is 0.439. The SMILES string of the molecule is COc1cc(-c2ccc3ncc(C(=O)C4CC4)c(NC4CCC(N5CCC(C)(F)C5)CC4)c3c2)cc(Cl)c1O. The second-order valence-electron chi connectivity index (χ2n) is 11.7. The summed E-state index contributed by atoms with van der Waals surface area (Å²) in [5.41, 5.74) is 2.91. The van der Waals surface area contributed by atoms with Gasteiger partial charge in [-0.15, -0.1) is 0 Å². The van der Waals surface area contributed by atoms with E-state index in [0.717, 1.165) is 72.8 Å². The van der Waals surface area contributed by atoms with Crippen LogP contribution < -0.4 is 10.1 Å². The van der Waals surface area contributed by atoms with Gasteiger partial charge in [-0.2, -0.15) is 0 Å². The molecular weight excluding hydrogens is 517 g/mol. The minimum atomic E-state index is -1.08. The molecule has 2 N–H and O–H groups in total. The van der Waals surface area contributed by atoms with Crippen LogP contribution in [-0.4, -0.2) is 58.7 Å². The van der Waals surface area contributed by atoms with Gasteiger partial charge in [0.1, 0.15) is 5.67 Å². The predicted octanol–water partition coefficient (Wildman–Crippen LogP) is 7.02. The van der Waals surface area contributed by atoms with Gasteiger partial charge in [0.25, 0.3) is 0 Å². The number of ketones is 1. The maximum Gasteiger partial charge on any atom is 0.176 e. The van der Waals surface area contributed by atoms with Crippen LogP contribution in [0.25, 0.3) is 22.0 Å². The third kappa shape index (κ3) is 5.31. The summed E-state index contributed by atoms with van der Waals surface area (Å²) in [5, 5.41) is 15.1. The molecule has 1 unspecified atom stereocenters. The fourth-order valence-electron chi connectivity index (χ4n) is 6.24. The Morgan fingerprint density at radius 3 is 2.59 bits per heavy atom. The second-order valence-corrected chi connectivity index (χ2v) is 12.1. The summed E-state index contributed by atoms with van der Waals surface area (Å²) in [4.78, 5) is 20.3. The number of Topliss-reactive ketones (excluding diaryl/α,β-unsaturated/α-hetero) is 1. The van der Waals surface area contributed by atoms with E-state index in [2.05, 4.69) is 15.2 Å². The Bertz CT molecular complexity index is 1420. The number of hydrogen-bond acceptors (Lipinski definition) is 6. The first-order chi connectivity index (χ1) is 18.7. The van der Waals surface area contributed by atoms with Gasteiger partial charge in [-0.25, -0.2) is 4.39 Å². The molecule has 2 aliphatic carbocycles. The molecule has 2 aromatic carbocycles. The number of fused-ring (bicyclic) bond motifs is 1. The third-order valence-corrected chi connectivity index (χ3v) is 8.97. The van der Waals surface area contributed by atoms with Crippen LogP contribution in [-0.2, 0) is 0 Å². The molecule has 206 valence electrons. The number of pyridine rings is 1. The average Bonchev–Trinajstić information content (AvgIpc) is 3.72. The Morgan fingerprint density at radius 1 is 1.15 bits per heavy atom. The molecule has 39 heavy (non-hydrogen) atoms. The zero-order valence-electron chi connectivity index (χ0n) is 22.5. The molecule has 0 bridgehead atoms. The first-order valence-corrected chi connectivity index (χ1v) is 14.3. The summed E-state index contributed by atoms with van der Waals surface area (Å²) in [6.45, 7) is 3.07. The topological polar surface area (TPSA) is 74.7 Å². The van der Waals surface area contributed by atoms with E-state index in [1.165, 1.54) is 7.11 Å². The van der Waals surface area contributed by atoms with Gasteiger partial charge in [0.05, 0.1) is 28.9 Å². The van der Waals surface area contributed by atoms with Gasteiger partial charge in [-0.1, -0.05) is 17.7 Å². The number of carbonyl (C=O) groups excluding carboxylic acids is 1. The van der Waals surface area contributed by atoms with Crippen molar-refractivity contribution < 1.29 is 19.0 Å². The molecular formula is C31H35ClFN3O3. The van der Waals surface area contributed by atoms with Gasteiger partial charge in [0.2, 0.25) is 0 Å². The fraction of sp³-hybridized carbons (Fsp3) is 0.484. The summed E-state index contributed by atoms with van der Waals surface area (Å²) in [6.07, 6.45) is 8.16. The minimum absolute atomic E-state index is 0.0778. The zero-order chi connectivity index (χ0) is 27.3. The number of benzene rings is 2. The average molecular weight is 552 g/mol. The number of aromatic nitrogens is 1. The van der Waals surface area contributed by atoms with E-state index in [1.54, 1.807) is 25.3 Å². The number of halogens is 2. The van der Waals surface area contributed by atoms with Crippen molar-refractivity contribution in [3.05, 3.63) is 47.1 Å². The number of aromatic hydroxyl groups is 1. The Morgan fingerprint density at radius 2 is 1.92 bits per heavy atom. The van der Waals surface area contributed by atoms with E-state index < -0.39 is 5.67 Å². The monoisotopic (exact) mass is 551 g/mol. The zero-order valence-corrected chi connectivity index (χ0v) is 23.2. The van der Waals surface area contributed by atoms with Crippen LogP contribution in [0.3, 0.4) is 0 Å². The van der Waals surface area contributed by atoms with Crippen molar-refractivity contribution in [2.45, 2.75) is 69.6 Å². The molecule has 1 saturated heterocycles. The van der Waals surface area contributed by atoms with E-state index in [4.69, 9.17) is 16.3 Å². The Kier molecular flexibility index (Phi) is 6.92. The van der Waals surface area contributed by atoms with Crippen LogP contribution in [0.2, 0.25) is 5.02 Å². The smallest absolute Gasteiger partial charge is 0.176 e. The van der Waals surface area contributed by atoms with Gasteiger partial charge < -0.3 is 15.2 Å². The summed E-state index contributed by atoms with van der Waals surface area (Å²) in [7, 11) is 1.49. The number of nitrogens with one attached hydrogen (secondary N) is 1. The summed E-state index contributed by atoms with van der Waals surface area (Å²) in [6, 6.07) is 10.1. The molecule has 6 rings (SSSR count). The standard InChI is InChI=1S/C31H35ClFN3O3/c1-31(33)11-12-36(17-31)22-8-6-21(7-9-22)35-28-23-13-19(20-14-25(32)30(38)27(15-20)39-2)5-10-26(23)34-16-24(28)29(37)18-3-4-18/h5,10,13-16,18,21-22,38H,3-4,6-9,11-12,17H2,1-2H3,(H,34,35). The van der Waals surface area contributed by atoms with E-state index in [-0.39, 0.29) is 28.5 Å². The molecule has 0 spiro atoms. The lowest BCUT2D eigenvalue weighted by Gasteiger charge is -2.35. The van der Waals surface area contributed by atoms with Gasteiger partial charge in [0.15, 0.2) is 17.3 Å². The van der Waals surface area contributed by atoms with Crippen molar-refractivity contribution in [3.8, 4) is 22.6 Å². The quantitative estimate of drug-likeness (QED) is 0.307. The molecule has 1 atom stereocenters. The molecule has 8 heteroatoms. The molecule has 0 radical (unpaired) electrons. The van der Waals surface area contributed by atoms with E-state index in [9.17, 15) is 14.3 Å². The molecule has 2 saturated carbocycles. The highest BCUT2D eigenvalue weighted by atomic mass is 35.5. The molecule has 6 nitrogen and oxygen atoms in total. The maximum atomic E-state index is 14.4. The number of likely N-dealkylation sites (tertiary alicyclic amines) is 1. The fourth-order valence-corrected chi connectivity index (χ4v) is 6.45. The molecule has 3 aliphatic rings. The van der Waals surface area contributed by atoms with Crippen LogP contribution in [0.5, 0.6) is 11.5 Å². The van der Waals surface area contributed by atoms with Gasteiger partial charge >= 0.3 is 0 Å². The van der Waals surface area contributed by atoms with Crippen molar-refractivity contribution in [2.24, 2.45) is 5.92 Å². The first-order valence-electron chi connectivity index (χ1n) is 14.0. The number of ether oxygens (including phenoxy) is 1. The molecule has 1 aliphatic heterocycles. The third-order valence-electron chi connectivity index (χ3n) is 8.68. The largest absolute Gasteiger partial charge is 0.503 e. The lowest BCUT2D eigenvalue weighted by atomic mass is 9.89. The number of phenolic OH excluding ortho intramolecular Hbond substituents is 1. The van der Waals surface area contributed by atoms with Crippen LogP contribution in [0.15, 0.2) is 36.5 Å². The van der Waals surface area contributed by atoms with Crippen LogP contribution in [0, 0.1) is 5.92 Å². The van der Waals surface area contributed by atoms with Crippen LogP contribution in [0.1, 0.15) is 62.2 Å². The van der Waals surface area contributed by atoms with Gasteiger partial charge in [-0.05, 0) is 87.3 Å².